The summed E-state index contributed by atoms with van der Waals surface area (Å²) in [6.07, 6.45) is 0.562. The van der Waals surface area contributed by atoms with Crippen molar-refractivity contribution in [2.45, 2.75) is 19.8 Å². The zero-order valence-corrected chi connectivity index (χ0v) is 11.5. The molecule has 0 spiro atoms. The Labute approximate surface area is 120 Å². The predicted molar refractivity (Wildman–Crippen MR) is 67.0 cm³/mol. The van der Waals surface area contributed by atoms with Crippen LogP contribution < -0.4 is 10.6 Å². The largest absolute Gasteiger partial charge is 0.387 e. The van der Waals surface area contributed by atoms with Gasteiger partial charge in [-0.3, -0.25) is 19.2 Å². The molecule has 118 valence electrons. The second-order valence-electron chi connectivity index (χ2n) is 3.75. The molecule has 4 amide bonds. The molecular formula is C11H17N3O7. The fourth-order valence-electron chi connectivity index (χ4n) is 1.07. The highest BCUT2D eigenvalue weighted by molar-refractivity contribution is 5.89. The van der Waals surface area contributed by atoms with Gasteiger partial charge in [-0.1, -0.05) is 6.92 Å². The quantitative estimate of drug-likeness (QED) is 0.331. The molecular weight excluding hydrogens is 286 g/mol. The third-order valence-electron chi connectivity index (χ3n) is 2.03. The van der Waals surface area contributed by atoms with Crippen LogP contribution in [0.4, 0.5) is 0 Å². The molecule has 0 bridgehead atoms. The van der Waals surface area contributed by atoms with Crippen LogP contribution in [-0.4, -0.2) is 60.0 Å². The lowest BCUT2D eigenvalue weighted by Crippen LogP contribution is -2.42. The van der Waals surface area contributed by atoms with Gasteiger partial charge in [-0.15, -0.1) is 5.06 Å². The Hall–Kier alpha value is -2.49. The van der Waals surface area contributed by atoms with Crippen LogP contribution >= 0.6 is 0 Å². The Balaban J connectivity index is 4.08. The number of hydrogen-bond donors (Lipinski definition) is 3. The van der Waals surface area contributed by atoms with Gasteiger partial charge in [0.15, 0.2) is 0 Å². The Morgan fingerprint density at radius 3 is 2.29 bits per heavy atom. The van der Waals surface area contributed by atoms with Crippen LogP contribution in [0.25, 0.3) is 0 Å². The average molecular weight is 303 g/mol. The van der Waals surface area contributed by atoms with Gasteiger partial charge in [0.2, 0.25) is 11.8 Å². The molecule has 0 fully saturated rings. The van der Waals surface area contributed by atoms with E-state index in [1.807, 2.05) is 0 Å². The Bertz CT molecular complexity index is 411. The molecule has 0 unspecified atom stereocenters. The number of nitrogens with one attached hydrogen (secondary N) is 2. The van der Waals surface area contributed by atoms with Crippen molar-refractivity contribution in [2.75, 3.05) is 19.7 Å². The van der Waals surface area contributed by atoms with E-state index in [-0.39, 0.29) is 17.9 Å². The minimum atomic E-state index is -1.02. The molecule has 21 heavy (non-hydrogen) atoms. The monoisotopic (exact) mass is 303 g/mol. The maximum Gasteiger partial charge on any atom is 0.352 e. The minimum absolute atomic E-state index is 0.0333. The van der Waals surface area contributed by atoms with E-state index in [1.54, 1.807) is 6.92 Å². The van der Waals surface area contributed by atoms with Crippen LogP contribution in [0.1, 0.15) is 19.8 Å². The maximum atomic E-state index is 11.3. The van der Waals surface area contributed by atoms with Crippen LogP contribution in [0.3, 0.4) is 0 Å². The SMILES string of the molecule is CCCC(=O)N(C=O)OC(=O)CNC(=O)CNC(=O)CO. The van der Waals surface area contributed by atoms with E-state index in [9.17, 15) is 24.0 Å². The van der Waals surface area contributed by atoms with Crippen molar-refractivity contribution in [2.24, 2.45) is 0 Å². The minimum Gasteiger partial charge on any atom is -0.387 e. The lowest BCUT2D eigenvalue weighted by Gasteiger charge is -2.14. The van der Waals surface area contributed by atoms with Crippen LogP contribution in [0.2, 0.25) is 0 Å². The summed E-state index contributed by atoms with van der Waals surface area (Å²) >= 11 is 0. The molecule has 0 atom stereocenters. The van der Waals surface area contributed by atoms with E-state index in [0.29, 0.717) is 6.42 Å². The molecule has 3 N–H and O–H groups in total. The van der Waals surface area contributed by atoms with E-state index < -0.39 is 43.4 Å². The fraction of sp³-hybridized carbons (Fsp3) is 0.545. The first-order valence-corrected chi connectivity index (χ1v) is 6.07. The molecule has 0 aromatic heterocycles. The second kappa shape index (κ2) is 10.3. The molecule has 0 aliphatic carbocycles. The van der Waals surface area contributed by atoms with Crippen molar-refractivity contribution >= 4 is 30.1 Å². The molecule has 0 aromatic carbocycles. The summed E-state index contributed by atoms with van der Waals surface area (Å²) in [6, 6.07) is 0. The van der Waals surface area contributed by atoms with Gasteiger partial charge in [0.1, 0.15) is 13.2 Å². The highest BCUT2D eigenvalue weighted by Crippen LogP contribution is 1.96. The summed E-state index contributed by atoms with van der Waals surface area (Å²) in [6.45, 7) is -0.0663. The number of aliphatic hydroxyl groups is 1. The van der Waals surface area contributed by atoms with E-state index in [4.69, 9.17) is 5.11 Å². The van der Waals surface area contributed by atoms with Crippen molar-refractivity contribution in [1.82, 2.24) is 15.7 Å². The number of imide groups is 1. The van der Waals surface area contributed by atoms with Crippen LogP contribution in [0, 0.1) is 0 Å². The van der Waals surface area contributed by atoms with Crippen molar-refractivity contribution in [3.63, 3.8) is 0 Å². The van der Waals surface area contributed by atoms with Gasteiger partial charge in [-0.2, -0.15) is 0 Å². The predicted octanol–water partition coefficient (Wildman–Crippen LogP) is -2.55. The van der Waals surface area contributed by atoms with E-state index >= 15 is 0 Å². The van der Waals surface area contributed by atoms with Crippen molar-refractivity contribution in [3.8, 4) is 0 Å². The van der Waals surface area contributed by atoms with E-state index in [1.165, 1.54) is 0 Å². The van der Waals surface area contributed by atoms with E-state index in [2.05, 4.69) is 15.5 Å². The summed E-state index contributed by atoms with van der Waals surface area (Å²) in [7, 11) is 0. The smallest absolute Gasteiger partial charge is 0.352 e. The van der Waals surface area contributed by atoms with Gasteiger partial charge in [-0.25, -0.2) is 4.79 Å². The number of carbonyl (C=O) groups is 5. The highest BCUT2D eigenvalue weighted by Gasteiger charge is 2.17. The molecule has 0 rings (SSSR count). The fourth-order valence-corrected chi connectivity index (χ4v) is 1.07. The molecule has 0 aliphatic heterocycles. The van der Waals surface area contributed by atoms with Crippen molar-refractivity contribution in [3.05, 3.63) is 0 Å². The van der Waals surface area contributed by atoms with Gasteiger partial charge in [0.05, 0.1) is 6.54 Å². The maximum absolute atomic E-state index is 11.3. The zero-order chi connectivity index (χ0) is 16.3. The standard InChI is InChI=1S/C11H17N3O7/c1-2-3-10(19)14(7-16)21-11(20)5-13-8(17)4-12-9(18)6-15/h7,15H,2-6H2,1H3,(H,12,18)(H,13,17). The summed E-state index contributed by atoms with van der Waals surface area (Å²) < 4.78 is 0. The number of hydroxylamine groups is 2. The number of nitrogens with zero attached hydrogens (tertiary/aromatic N) is 1. The van der Waals surface area contributed by atoms with E-state index in [0.717, 1.165) is 0 Å². The molecule has 0 aliphatic rings. The Morgan fingerprint density at radius 2 is 1.76 bits per heavy atom. The highest BCUT2D eigenvalue weighted by atomic mass is 16.7. The number of aliphatic hydroxyl groups excluding tert-OH is 1. The summed E-state index contributed by atoms with van der Waals surface area (Å²) in [5.74, 6) is -3.15. The van der Waals surface area contributed by atoms with Gasteiger partial charge in [-0.05, 0) is 6.42 Å². The van der Waals surface area contributed by atoms with Gasteiger partial charge >= 0.3 is 5.97 Å². The van der Waals surface area contributed by atoms with Gasteiger partial charge < -0.3 is 20.6 Å². The molecule has 0 saturated heterocycles. The van der Waals surface area contributed by atoms with Crippen molar-refractivity contribution in [1.29, 1.82) is 0 Å². The normalized spacial score (nSPS) is 9.43. The topological polar surface area (TPSA) is 142 Å². The molecule has 0 radical (unpaired) electrons. The third kappa shape index (κ3) is 8.31. The summed E-state index contributed by atoms with van der Waals surface area (Å²) in [5.41, 5.74) is 0. The average Bonchev–Trinajstić information content (AvgIpc) is 2.48. The second-order valence-corrected chi connectivity index (χ2v) is 3.75. The van der Waals surface area contributed by atoms with Gasteiger partial charge in [0, 0.05) is 6.42 Å². The summed E-state index contributed by atoms with van der Waals surface area (Å²) in [4.78, 5) is 59.5. The molecule has 10 heteroatoms. The lowest BCUT2D eigenvalue weighted by molar-refractivity contribution is -0.195. The number of rotatable bonds is 8. The summed E-state index contributed by atoms with van der Waals surface area (Å²) in [5, 5.41) is 12.8. The van der Waals surface area contributed by atoms with Crippen molar-refractivity contribution < 1.29 is 33.9 Å². The molecule has 10 nitrogen and oxygen atoms in total. The first-order chi connectivity index (χ1) is 9.94. The van der Waals surface area contributed by atoms with Crippen LogP contribution in [0.15, 0.2) is 0 Å². The number of amides is 4. The molecule has 0 aromatic rings. The number of carbonyl (C=O) groups excluding carboxylic acids is 5. The number of hydrogen-bond acceptors (Lipinski definition) is 7. The van der Waals surface area contributed by atoms with Crippen LogP contribution in [-0.2, 0) is 28.8 Å². The first kappa shape index (κ1) is 18.5. The first-order valence-electron chi connectivity index (χ1n) is 6.07. The molecule has 0 heterocycles. The third-order valence-corrected chi connectivity index (χ3v) is 2.03. The zero-order valence-electron chi connectivity index (χ0n) is 11.5. The van der Waals surface area contributed by atoms with Gasteiger partial charge in [0.25, 0.3) is 12.3 Å². The lowest BCUT2D eigenvalue weighted by atomic mass is 10.3. The Kier molecular flexibility index (Phi) is 9.09. The Morgan fingerprint density at radius 1 is 1.14 bits per heavy atom. The molecule has 0 saturated carbocycles. The van der Waals surface area contributed by atoms with Crippen LogP contribution in [0.5, 0.6) is 0 Å².